The fourth-order valence-corrected chi connectivity index (χ4v) is 2.56. The lowest BCUT2D eigenvalue weighted by molar-refractivity contribution is 0.0354. The van der Waals surface area contributed by atoms with Crippen molar-refractivity contribution in [1.29, 1.82) is 0 Å². The van der Waals surface area contributed by atoms with Crippen LogP contribution in [0, 0.1) is 23.3 Å². The summed E-state index contributed by atoms with van der Waals surface area (Å²) < 4.78 is 54.5. The largest absolute Gasteiger partial charge is 0.276 e. The summed E-state index contributed by atoms with van der Waals surface area (Å²) in [5, 5.41) is -0.323. The second-order valence-corrected chi connectivity index (χ2v) is 7.31. The SMILES string of the molecule is CC(C)(C)N(NC(=O)c1c(F)cc(F)cc1F)C(=O)c1cc(F)c(Cl)nc1Cl. The molecule has 0 aliphatic carbocycles. The highest BCUT2D eigenvalue weighted by Gasteiger charge is 2.33. The number of hydrazine groups is 1. The number of nitrogens with one attached hydrogen (secondary N) is 1. The fraction of sp³-hybridized carbons (Fsp3) is 0.235. The molecule has 0 radical (unpaired) electrons. The van der Waals surface area contributed by atoms with E-state index < -0.39 is 62.1 Å². The van der Waals surface area contributed by atoms with Crippen molar-refractivity contribution in [3.63, 3.8) is 0 Å². The van der Waals surface area contributed by atoms with Crippen LogP contribution in [0.4, 0.5) is 17.6 Å². The maximum atomic E-state index is 13.9. The summed E-state index contributed by atoms with van der Waals surface area (Å²) in [5.74, 6) is -7.56. The molecule has 1 N–H and O–H groups in total. The number of amides is 2. The van der Waals surface area contributed by atoms with Gasteiger partial charge in [-0.2, -0.15) is 0 Å². The van der Waals surface area contributed by atoms with Crippen molar-refractivity contribution >= 4 is 35.0 Å². The minimum absolute atomic E-state index is 0.316. The molecule has 2 amide bonds. The van der Waals surface area contributed by atoms with Crippen LogP contribution in [0.15, 0.2) is 18.2 Å². The molecule has 2 rings (SSSR count). The number of carbonyl (C=O) groups excluding carboxylic acids is 2. The lowest BCUT2D eigenvalue weighted by Gasteiger charge is -2.35. The Hall–Kier alpha value is -2.39. The Bertz CT molecular complexity index is 941. The van der Waals surface area contributed by atoms with Crippen LogP contribution in [0.5, 0.6) is 0 Å². The van der Waals surface area contributed by atoms with E-state index >= 15 is 0 Å². The van der Waals surface area contributed by atoms with E-state index in [-0.39, 0.29) is 0 Å². The van der Waals surface area contributed by atoms with Crippen molar-refractivity contribution in [3.05, 3.63) is 62.9 Å². The smallest absolute Gasteiger partial charge is 0.267 e. The van der Waals surface area contributed by atoms with E-state index in [0.717, 1.165) is 0 Å². The number of aromatic nitrogens is 1. The Morgan fingerprint density at radius 2 is 1.50 bits per heavy atom. The van der Waals surface area contributed by atoms with Gasteiger partial charge in [0, 0.05) is 12.1 Å². The molecule has 0 saturated carbocycles. The molecule has 1 aromatic carbocycles. The molecule has 1 heterocycles. The first-order chi connectivity index (χ1) is 12.8. The summed E-state index contributed by atoms with van der Waals surface area (Å²) in [7, 11) is 0. The normalized spacial score (nSPS) is 11.3. The lowest BCUT2D eigenvalue weighted by Crippen LogP contribution is -2.56. The topological polar surface area (TPSA) is 62.3 Å². The Kier molecular flexibility index (Phi) is 6.20. The van der Waals surface area contributed by atoms with Crippen LogP contribution in [-0.4, -0.2) is 27.3 Å². The molecule has 0 aliphatic rings. The van der Waals surface area contributed by atoms with Crippen molar-refractivity contribution in [2.75, 3.05) is 0 Å². The van der Waals surface area contributed by atoms with Gasteiger partial charge in [0.15, 0.2) is 11.0 Å². The van der Waals surface area contributed by atoms with Gasteiger partial charge in [-0.15, -0.1) is 0 Å². The molecule has 0 spiro atoms. The summed E-state index contributed by atoms with van der Waals surface area (Å²) in [6.07, 6.45) is 0. The minimum atomic E-state index is -1.46. The van der Waals surface area contributed by atoms with Crippen LogP contribution in [-0.2, 0) is 0 Å². The first-order valence-corrected chi connectivity index (χ1v) is 8.40. The molecule has 0 unspecified atom stereocenters. The van der Waals surface area contributed by atoms with Gasteiger partial charge in [-0.25, -0.2) is 27.6 Å². The Labute approximate surface area is 167 Å². The summed E-state index contributed by atoms with van der Waals surface area (Å²) in [6.45, 7) is 4.45. The zero-order valence-electron chi connectivity index (χ0n) is 14.7. The number of pyridine rings is 1. The van der Waals surface area contributed by atoms with Crippen LogP contribution in [0.25, 0.3) is 0 Å². The third kappa shape index (κ3) is 4.53. The zero-order chi connectivity index (χ0) is 21.4. The van der Waals surface area contributed by atoms with E-state index in [4.69, 9.17) is 23.2 Å². The van der Waals surface area contributed by atoms with E-state index in [1.807, 2.05) is 5.43 Å². The predicted molar refractivity (Wildman–Crippen MR) is 93.9 cm³/mol. The molecule has 1 aromatic heterocycles. The first kappa shape index (κ1) is 21.9. The van der Waals surface area contributed by atoms with Crippen LogP contribution in [0.3, 0.4) is 0 Å². The lowest BCUT2D eigenvalue weighted by atomic mass is 10.1. The molecule has 0 fully saturated rings. The highest BCUT2D eigenvalue weighted by molar-refractivity contribution is 6.34. The summed E-state index contributed by atoms with van der Waals surface area (Å²) in [5.41, 5.74) is -0.653. The van der Waals surface area contributed by atoms with Gasteiger partial charge in [0.2, 0.25) is 0 Å². The maximum Gasteiger partial charge on any atom is 0.276 e. The van der Waals surface area contributed by atoms with Crippen LogP contribution < -0.4 is 5.43 Å². The second kappa shape index (κ2) is 7.92. The maximum absolute atomic E-state index is 13.9. The van der Waals surface area contributed by atoms with E-state index in [2.05, 4.69) is 4.98 Å². The van der Waals surface area contributed by atoms with Crippen LogP contribution in [0.2, 0.25) is 10.3 Å². The minimum Gasteiger partial charge on any atom is -0.267 e. The highest BCUT2D eigenvalue weighted by Crippen LogP contribution is 2.24. The Morgan fingerprint density at radius 3 is 2.00 bits per heavy atom. The van der Waals surface area contributed by atoms with Gasteiger partial charge in [-0.1, -0.05) is 23.2 Å². The second-order valence-electron chi connectivity index (χ2n) is 6.60. The molecular weight excluding hydrogens is 425 g/mol. The van der Waals surface area contributed by atoms with E-state index in [9.17, 15) is 27.2 Å². The summed E-state index contributed by atoms with van der Waals surface area (Å²) in [4.78, 5) is 28.6. The first-order valence-electron chi connectivity index (χ1n) is 7.64. The third-order valence-corrected chi connectivity index (χ3v) is 3.99. The molecule has 0 aliphatic heterocycles. The molecule has 2 aromatic rings. The van der Waals surface area contributed by atoms with Crippen LogP contribution in [0.1, 0.15) is 41.5 Å². The Morgan fingerprint density at radius 1 is 0.964 bits per heavy atom. The van der Waals surface area contributed by atoms with E-state index in [1.54, 1.807) is 0 Å². The summed E-state index contributed by atoms with van der Waals surface area (Å²) >= 11 is 11.3. The van der Waals surface area contributed by atoms with Gasteiger partial charge < -0.3 is 0 Å². The van der Waals surface area contributed by atoms with Crippen molar-refractivity contribution in [3.8, 4) is 0 Å². The third-order valence-electron chi connectivity index (χ3n) is 3.44. The van der Waals surface area contributed by atoms with Gasteiger partial charge in [0.05, 0.1) is 11.1 Å². The number of hydrogen-bond acceptors (Lipinski definition) is 3. The number of rotatable bonds is 2. The van der Waals surface area contributed by atoms with Gasteiger partial charge in [0.25, 0.3) is 11.8 Å². The molecule has 150 valence electrons. The molecule has 5 nitrogen and oxygen atoms in total. The average molecular weight is 438 g/mol. The van der Waals surface area contributed by atoms with Crippen molar-refractivity contribution < 1.29 is 27.2 Å². The van der Waals surface area contributed by atoms with Gasteiger partial charge in [0.1, 0.15) is 28.2 Å². The van der Waals surface area contributed by atoms with Crippen LogP contribution >= 0.6 is 23.2 Å². The van der Waals surface area contributed by atoms with E-state index in [1.165, 1.54) is 20.8 Å². The average Bonchev–Trinajstić information content (AvgIpc) is 2.53. The summed E-state index contributed by atoms with van der Waals surface area (Å²) in [6, 6.07) is 1.34. The fourth-order valence-electron chi connectivity index (χ4n) is 2.16. The van der Waals surface area contributed by atoms with Gasteiger partial charge in [-0.05, 0) is 26.8 Å². The molecule has 0 atom stereocenters. The number of carbonyl (C=O) groups is 2. The highest BCUT2D eigenvalue weighted by atomic mass is 35.5. The molecule has 0 saturated heterocycles. The molecule has 28 heavy (non-hydrogen) atoms. The quantitative estimate of drug-likeness (QED) is 0.426. The van der Waals surface area contributed by atoms with Gasteiger partial charge in [-0.3, -0.25) is 15.0 Å². The van der Waals surface area contributed by atoms with E-state index in [0.29, 0.717) is 23.2 Å². The van der Waals surface area contributed by atoms with Crippen molar-refractivity contribution in [2.24, 2.45) is 0 Å². The predicted octanol–water partition coefficient (Wildman–Crippen LogP) is 4.53. The standard InChI is InChI=1S/C17H13Cl2F4N3O2/c1-17(2,3)26(16(28)8-6-11(23)14(19)24-13(8)18)25-15(27)12-9(21)4-7(20)5-10(12)22/h4-6H,1-3H3,(H,25,27). The molecule has 0 bridgehead atoms. The number of halogens is 6. The molecular formula is C17H13Cl2F4N3O2. The Balaban J connectivity index is 2.45. The molecule has 11 heteroatoms. The van der Waals surface area contributed by atoms with Gasteiger partial charge >= 0.3 is 0 Å². The number of hydrogen-bond donors (Lipinski definition) is 1. The van der Waals surface area contributed by atoms with Crippen molar-refractivity contribution in [1.82, 2.24) is 15.4 Å². The monoisotopic (exact) mass is 437 g/mol. The number of benzene rings is 1. The zero-order valence-corrected chi connectivity index (χ0v) is 16.2. The number of nitrogens with zero attached hydrogens (tertiary/aromatic N) is 2. The van der Waals surface area contributed by atoms with Crippen molar-refractivity contribution in [2.45, 2.75) is 26.3 Å².